The maximum Gasteiger partial charge on any atom is 0.191 e. The Labute approximate surface area is 177 Å². The topological polar surface area (TPSA) is 45.7 Å². The molecule has 150 valence electrons. The summed E-state index contributed by atoms with van der Waals surface area (Å²) in [4.78, 5) is 4.67. The monoisotopic (exact) mass is 485 g/mol. The first kappa shape index (κ1) is 25.3. The summed E-state index contributed by atoms with van der Waals surface area (Å²) in [6, 6.07) is 0. The zero-order valence-corrected chi connectivity index (χ0v) is 19.5. The number of nitrogens with zero attached hydrogens (tertiary/aromatic N) is 1. The Morgan fingerprint density at radius 3 is 2.56 bits per heavy atom. The number of hydrogen-bond donors (Lipinski definition) is 2. The van der Waals surface area contributed by atoms with E-state index < -0.39 is 0 Å². The van der Waals surface area contributed by atoms with E-state index in [2.05, 4.69) is 28.8 Å². The van der Waals surface area contributed by atoms with Gasteiger partial charge in [0, 0.05) is 26.2 Å². The van der Waals surface area contributed by atoms with Crippen molar-refractivity contribution in [3.63, 3.8) is 0 Å². The van der Waals surface area contributed by atoms with Crippen LogP contribution >= 0.6 is 35.7 Å². The first-order valence-electron chi connectivity index (χ1n) is 9.99. The molecule has 1 rings (SSSR count). The van der Waals surface area contributed by atoms with E-state index >= 15 is 0 Å². The Kier molecular flexibility index (Phi) is 19.3. The van der Waals surface area contributed by atoms with E-state index in [9.17, 15) is 0 Å². The highest BCUT2D eigenvalue weighted by atomic mass is 127. The molecular formula is C19H40IN3OS. The predicted molar refractivity (Wildman–Crippen MR) is 124 cm³/mol. The van der Waals surface area contributed by atoms with Crippen molar-refractivity contribution in [3.8, 4) is 0 Å². The lowest BCUT2D eigenvalue weighted by Crippen LogP contribution is -2.37. The van der Waals surface area contributed by atoms with Crippen LogP contribution in [0.4, 0.5) is 0 Å². The molecule has 1 aliphatic carbocycles. The second kappa shape index (κ2) is 19.1. The molecule has 1 aliphatic rings. The summed E-state index contributed by atoms with van der Waals surface area (Å²) >= 11 is 1.92. The van der Waals surface area contributed by atoms with E-state index in [1.54, 1.807) is 0 Å². The molecule has 4 nitrogen and oxygen atoms in total. The number of unbranched alkanes of at least 4 members (excludes halogenated alkanes) is 3. The lowest BCUT2D eigenvalue weighted by Gasteiger charge is -2.21. The van der Waals surface area contributed by atoms with Gasteiger partial charge < -0.3 is 15.4 Å². The smallest absolute Gasteiger partial charge is 0.191 e. The van der Waals surface area contributed by atoms with Gasteiger partial charge in [-0.15, -0.1) is 24.0 Å². The highest BCUT2D eigenvalue weighted by Crippen LogP contribution is 2.20. The molecule has 0 spiro atoms. The van der Waals surface area contributed by atoms with E-state index in [1.165, 1.54) is 63.5 Å². The SMILES string of the molecule is CCNC(=NCCCCCOC1CCCCC1)NCCCCSC.I. The highest BCUT2D eigenvalue weighted by molar-refractivity contribution is 14.0. The number of halogens is 1. The second-order valence-corrected chi connectivity index (χ2v) is 7.56. The summed E-state index contributed by atoms with van der Waals surface area (Å²) in [5, 5.41) is 6.76. The Bertz CT molecular complexity index is 313. The minimum atomic E-state index is 0. The summed E-state index contributed by atoms with van der Waals surface area (Å²) in [7, 11) is 0. The first-order valence-corrected chi connectivity index (χ1v) is 11.4. The van der Waals surface area contributed by atoms with Crippen LogP contribution in [0.1, 0.15) is 71.1 Å². The molecule has 0 amide bonds. The van der Waals surface area contributed by atoms with Crippen LogP contribution in [0.5, 0.6) is 0 Å². The van der Waals surface area contributed by atoms with Crippen LogP contribution in [0, 0.1) is 0 Å². The summed E-state index contributed by atoms with van der Waals surface area (Å²) in [6.45, 7) is 5.90. The first-order chi connectivity index (χ1) is 11.9. The number of thioether (sulfide) groups is 1. The van der Waals surface area contributed by atoms with Crippen molar-refractivity contribution in [2.45, 2.75) is 77.2 Å². The Hall–Kier alpha value is 0.310. The fourth-order valence-corrected chi connectivity index (χ4v) is 3.48. The number of aliphatic imine (C=N–C) groups is 1. The van der Waals surface area contributed by atoms with Gasteiger partial charge in [-0.25, -0.2) is 0 Å². The highest BCUT2D eigenvalue weighted by Gasteiger charge is 2.12. The van der Waals surface area contributed by atoms with E-state index in [0.29, 0.717) is 6.10 Å². The minimum Gasteiger partial charge on any atom is -0.378 e. The number of nitrogens with one attached hydrogen (secondary N) is 2. The van der Waals surface area contributed by atoms with Gasteiger partial charge in [0.25, 0.3) is 0 Å². The van der Waals surface area contributed by atoms with Gasteiger partial charge in [-0.2, -0.15) is 11.8 Å². The lowest BCUT2D eigenvalue weighted by molar-refractivity contribution is 0.0264. The second-order valence-electron chi connectivity index (χ2n) is 6.58. The standard InChI is InChI=1S/C19H39N3OS.HI/c1-3-20-19(22-15-9-11-17-24-2)21-14-8-5-10-16-23-18-12-6-4-7-13-18;/h18H,3-17H2,1-2H3,(H2,20,21,22);1H. The Morgan fingerprint density at radius 1 is 1.04 bits per heavy atom. The largest absolute Gasteiger partial charge is 0.378 e. The molecule has 0 radical (unpaired) electrons. The molecule has 1 saturated carbocycles. The maximum absolute atomic E-state index is 5.97. The van der Waals surface area contributed by atoms with Crippen molar-refractivity contribution < 1.29 is 4.74 Å². The van der Waals surface area contributed by atoms with Gasteiger partial charge in [-0.1, -0.05) is 19.3 Å². The number of guanidine groups is 1. The molecule has 0 aromatic heterocycles. The van der Waals surface area contributed by atoms with E-state index in [4.69, 9.17) is 4.74 Å². The molecule has 2 N–H and O–H groups in total. The van der Waals surface area contributed by atoms with Gasteiger partial charge >= 0.3 is 0 Å². The normalized spacial score (nSPS) is 15.7. The number of ether oxygens (including phenoxy) is 1. The molecule has 0 saturated heterocycles. The van der Waals surface area contributed by atoms with Crippen molar-refractivity contribution in [2.75, 3.05) is 38.2 Å². The quantitative estimate of drug-likeness (QED) is 0.170. The third kappa shape index (κ3) is 15.1. The van der Waals surface area contributed by atoms with Gasteiger partial charge in [0.05, 0.1) is 6.10 Å². The van der Waals surface area contributed by atoms with Gasteiger partial charge in [0.1, 0.15) is 0 Å². The molecule has 0 unspecified atom stereocenters. The van der Waals surface area contributed by atoms with Gasteiger partial charge in [0.2, 0.25) is 0 Å². The fourth-order valence-electron chi connectivity index (χ4n) is 2.98. The Balaban J connectivity index is 0.00000576. The summed E-state index contributed by atoms with van der Waals surface area (Å²) in [6.07, 6.45) is 15.4. The molecule has 0 heterocycles. The lowest BCUT2D eigenvalue weighted by atomic mass is 9.98. The predicted octanol–water partition coefficient (Wildman–Crippen LogP) is 4.82. The maximum atomic E-state index is 5.97. The van der Waals surface area contributed by atoms with Crippen LogP contribution in [0.25, 0.3) is 0 Å². The molecular weight excluding hydrogens is 445 g/mol. The third-order valence-electron chi connectivity index (χ3n) is 4.39. The minimum absolute atomic E-state index is 0. The van der Waals surface area contributed by atoms with Crippen LogP contribution in [0.2, 0.25) is 0 Å². The van der Waals surface area contributed by atoms with Crippen LogP contribution < -0.4 is 10.6 Å². The molecule has 0 bridgehead atoms. The van der Waals surface area contributed by atoms with Crippen molar-refractivity contribution in [1.82, 2.24) is 10.6 Å². The molecule has 0 aromatic carbocycles. The third-order valence-corrected chi connectivity index (χ3v) is 5.09. The van der Waals surface area contributed by atoms with Gasteiger partial charge in [-0.3, -0.25) is 4.99 Å². The fraction of sp³-hybridized carbons (Fsp3) is 0.947. The zero-order valence-electron chi connectivity index (χ0n) is 16.4. The number of rotatable bonds is 13. The van der Waals surface area contributed by atoms with E-state index in [-0.39, 0.29) is 24.0 Å². The number of hydrogen-bond acceptors (Lipinski definition) is 3. The summed E-state index contributed by atoms with van der Waals surface area (Å²) in [5.41, 5.74) is 0. The Morgan fingerprint density at radius 2 is 1.84 bits per heavy atom. The molecule has 1 fully saturated rings. The van der Waals surface area contributed by atoms with Gasteiger partial charge in [-0.05, 0) is 63.9 Å². The van der Waals surface area contributed by atoms with Crippen molar-refractivity contribution in [2.24, 2.45) is 4.99 Å². The molecule has 0 atom stereocenters. The van der Waals surface area contributed by atoms with E-state index in [1.807, 2.05) is 11.8 Å². The summed E-state index contributed by atoms with van der Waals surface area (Å²) in [5.74, 6) is 2.22. The van der Waals surface area contributed by atoms with Crippen molar-refractivity contribution in [1.29, 1.82) is 0 Å². The molecule has 0 aliphatic heterocycles. The van der Waals surface area contributed by atoms with E-state index in [0.717, 1.165) is 38.6 Å². The van der Waals surface area contributed by atoms with Crippen LogP contribution in [0.3, 0.4) is 0 Å². The van der Waals surface area contributed by atoms with Crippen molar-refractivity contribution >= 4 is 41.7 Å². The summed E-state index contributed by atoms with van der Waals surface area (Å²) < 4.78 is 5.97. The van der Waals surface area contributed by atoms with Gasteiger partial charge in [0.15, 0.2) is 5.96 Å². The van der Waals surface area contributed by atoms with Crippen molar-refractivity contribution in [3.05, 3.63) is 0 Å². The molecule has 0 aromatic rings. The zero-order chi connectivity index (χ0) is 17.3. The van der Waals surface area contributed by atoms with Crippen LogP contribution in [-0.4, -0.2) is 50.3 Å². The average Bonchev–Trinajstić information content (AvgIpc) is 2.61. The molecule has 25 heavy (non-hydrogen) atoms. The average molecular weight is 486 g/mol. The van der Waals surface area contributed by atoms with Crippen LogP contribution in [0.15, 0.2) is 4.99 Å². The van der Waals surface area contributed by atoms with Crippen LogP contribution in [-0.2, 0) is 4.74 Å². The molecule has 6 heteroatoms.